The first-order chi connectivity index (χ1) is 8.45. The van der Waals surface area contributed by atoms with Crippen molar-refractivity contribution in [3.05, 3.63) is 0 Å². The first-order valence-electron chi connectivity index (χ1n) is 6.77. The van der Waals surface area contributed by atoms with Gasteiger partial charge in [0.2, 0.25) is 0 Å². The Hall–Kier alpha value is -0.450. The summed E-state index contributed by atoms with van der Waals surface area (Å²) in [6.07, 6.45) is 2.35. The molecular weight excluding hydrogens is 232 g/mol. The van der Waals surface area contributed by atoms with Crippen molar-refractivity contribution in [1.29, 1.82) is 0 Å². The van der Waals surface area contributed by atoms with Gasteiger partial charge in [-0.25, -0.2) is 0 Å². The van der Waals surface area contributed by atoms with Gasteiger partial charge in [0.15, 0.2) is 5.78 Å². The molecule has 4 nitrogen and oxygen atoms in total. The molecular formula is C14H28O4. The fourth-order valence-corrected chi connectivity index (χ4v) is 1.26. The van der Waals surface area contributed by atoms with Crippen LogP contribution in [0.2, 0.25) is 0 Å². The fraction of sp³-hybridized carbons (Fsp3) is 0.929. The van der Waals surface area contributed by atoms with E-state index in [4.69, 9.17) is 14.2 Å². The molecule has 0 aromatic carbocycles. The molecule has 0 bridgehead atoms. The molecule has 0 aliphatic rings. The summed E-state index contributed by atoms with van der Waals surface area (Å²) in [5.41, 5.74) is -0.238. The molecule has 0 saturated heterocycles. The smallest absolute Gasteiger partial charge is 0.158 e. The van der Waals surface area contributed by atoms with Gasteiger partial charge in [-0.05, 0) is 40.5 Å². The van der Waals surface area contributed by atoms with Gasteiger partial charge in [0.1, 0.15) is 6.61 Å². The zero-order chi connectivity index (χ0) is 13.9. The van der Waals surface area contributed by atoms with Crippen LogP contribution in [0, 0.1) is 0 Å². The van der Waals surface area contributed by atoms with Crippen molar-refractivity contribution in [3.8, 4) is 0 Å². The minimum Gasteiger partial charge on any atom is -0.379 e. The number of hydrogen-bond donors (Lipinski definition) is 0. The Balaban J connectivity index is 3.25. The highest BCUT2D eigenvalue weighted by molar-refractivity contribution is 5.79. The highest BCUT2D eigenvalue weighted by atomic mass is 16.5. The number of carbonyl (C=O) groups excluding carboxylic acids is 1. The average molecular weight is 260 g/mol. The van der Waals surface area contributed by atoms with Gasteiger partial charge in [-0.3, -0.25) is 4.79 Å². The lowest BCUT2D eigenvalue weighted by molar-refractivity contribution is -0.128. The third kappa shape index (κ3) is 13.6. The summed E-state index contributed by atoms with van der Waals surface area (Å²) in [6.45, 7) is 10.7. The number of unbranched alkanes of at least 4 members (excludes halogenated alkanes) is 1. The van der Waals surface area contributed by atoms with Gasteiger partial charge in [-0.2, -0.15) is 0 Å². The maximum absolute atomic E-state index is 11.5. The van der Waals surface area contributed by atoms with Crippen LogP contribution in [-0.2, 0) is 19.0 Å². The number of carbonyl (C=O) groups is 1. The molecule has 0 aliphatic heterocycles. The third-order valence-electron chi connectivity index (χ3n) is 2.24. The van der Waals surface area contributed by atoms with Crippen LogP contribution < -0.4 is 0 Å². The number of Topliss-reactive ketones (excluding diaryl/α,β-unsaturated/α-hetero) is 1. The molecule has 0 atom stereocenters. The van der Waals surface area contributed by atoms with Gasteiger partial charge < -0.3 is 14.2 Å². The van der Waals surface area contributed by atoms with Gasteiger partial charge >= 0.3 is 0 Å². The van der Waals surface area contributed by atoms with Crippen LogP contribution in [0.4, 0.5) is 0 Å². The average Bonchev–Trinajstić information content (AvgIpc) is 2.29. The van der Waals surface area contributed by atoms with Gasteiger partial charge in [0.25, 0.3) is 0 Å². The highest BCUT2D eigenvalue weighted by Crippen LogP contribution is 2.07. The summed E-state index contributed by atoms with van der Waals surface area (Å²) in [6, 6.07) is 0. The second-order valence-corrected chi connectivity index (χ2v) is 5.21. The predicted octanol–water partition coefficient (Wildman–Crippen LogP) is 2.59. The molecule has 0 amide bonds. The van der Waals surface area contributed by atoms with Gasteiger partial charge in [-0.15, -0.1) is 0 Å². The second-order valence-electron chi connectivity index (χ2n) is 5.21. The SMILES string of the molecule is CCOCCOCCCCC(=O)COC(C)(C)C. The van der Waals surface area contributed by atoms with E-state index in [0.29, 0.717) is 26.2 Å². The van der Waals surface area contributed by atoms with Crippen molar-refractivity contribution < 1.29 is 19.0 Å². The first-order valence-corrected chi connectivity index (χ1v) is 6.77. The first kappa shape index (κ1) is 17.6. The molecule has 108 valence electrons. The monoisotopic (exact) mass is 260 g/mol. The van der Waals surface area contributed by atoms with E-state index < -0.39 is 0 Å². The van der Waals surface area contributed by atoms with E-state index in [-0.39, 0.29) is 18.0 Å². The van der Waals surface area contributed by atoms with Crippen LogP contribution in [0.15, 0.2) is 0 Å². The van der Waals surface area contributed by atoms with E-state index in [1.165, 1.54) is 0 Å². The van der Waals surface area contributed by atoms with Crippen LogP contribution in [0.3, 0.4) is 0 Å². The van der Waals surface area contributed by atoms with Crippen LogP contribution >= 0.6 is 0 Å². The van der Waals surface area contributed by atoms with E-state index in [1.807, 2.05) is 27.7 Å². The third-order valence-corrected chi connectivity index (χ3v) is 2.24. The van der Waals surface area contributed by atoms with Crippen molar-refractivity contribution >= 4 is 5.78 Å². The summed E-state index contributed by atoms with van der Waals surface area (Å²) < 4.78 is 15.9. The molecule has 0 N–H and O–H groups in total. The Morgan fingerprint density at radius 3 is 2.28 bits per heavy atom. The normalized spacial score (nSPS) is 11.8. The quantitative estimate of drug-likeness (QED) is 0.536. The molecule has 0 aliphatic carbocycles. The van der Waals surface area contributed by atoms with E-state index in [9.17, 15) is 4.79 Å². The molecule has 0 heterocycles. The van der Waals surface area contributed by atoms with E-state index in [2.05, 4.69) is 0 Å². The van der Waals surface area contributed by atoms with Crippen molar-refractivity contribution in [2.24, 2.45) is 0 Å². The Morgan fingerprint density at radius 1 is 1.00 bits per heavy atom. The topological polar surface area (TPSA) is 44.8 Å². The molecule has 0 saturated carbocycles. The van der Waals surface area contributed by atoms with E-state index in [1.54, 1.807) is 0 Å². The molecule has 0 spiro atoms. The number of rotatable bonds is 11. The lowest BCUT2D eigenvalue weighted by atomic mass is 10.1. The maximum atomic E-state index is 11.5. The molecule has 0 rings (SSSR count). The van der Waals surface area contributed by atoms with Gasteiger partial charge in [0.05, 0.1) is 18.8 Å². The number of hydrogen-bond acceptors (Lipinski definition) is 4. The molecule has 0 aromatic heterocycles. The largest absolute Gasteiger partial charge is 0.379 e. The van der Waals surface area contributed by atoms with Crippen molar-refractivity contribution in [2.45, 2.75) is 52.6 Å². The van der Waals surface area contributed by atoms with E-state index in [0.717, 1.165) is 19.4 Å². The summed E-state index contributed by atoms with van der Waals surface area (Å²) in [5.74, 6) is 0.166. The molecule has 4 heteroatoms. The summed E-state index contributed by atoms with van der Waals surface area (Å²) >= 11 is 0. The molecule has 0 fully saturated rings. The van der Waals surface area contributed by atoms with E-state index >= 15 is 0 Å². The summed E-state index contributed by atoms with van der Waals surface area (Å²) in [4.78, 5) is 11.5. The molecule has 0 aromatic rings. The maximum Gasteiger partial charge on any atom is 0.158 e. The lowest BCUT2D eigenvalue weighted by Crippen LogP contribution is -2.23. The molecule has 0 unspecified atom stereocenters. The number of ether oxygens (including phenoxy) is 3. The Kier molecular flexibility index (Phi) is 10.2. The Morgan fingerprint density at radius 2 is 1.67 bits per heavy atom. The van der Waals surface area contributed by atoms with Crippen LogP contribution in [0.25, 0.3) is 0 Å². The van der Waals surface area contributed by atoms with Crippen molar-refractivity contribution in [2.75, 3.05) is 33.0 Å². The van der Waals surface area contributed by atoms with Gasteiger partial charge in [0, 0.05) is 19.6 Å². The summed E-state index contributed by atoms with van der Waals surface area (Å²) in [5, 5.41) is 0. The minimum absolute atomic E-state index is 0.166. The highest BCUT2D eigenvalue weighted by Gasteiger charge is 2.12. The number of ketones is 1. The second kappa shape index (κ2) is 10.5. The zero-order valence-corrected chi connectivity index (χ0v) is 12.3. The van der Waals surface area contributed by atoms with Crippen molar-refractivity contribution in [3.63, 3.8) is 0 Å². The van der Waals surface area contributed by atoms with Gasteiger partial charge in [-0.1, -0.05) is 0 Å². The summed E-state index contributed by atoms with van der Waals surface area (Å²) in [7, 11) is 0. The van der Waals surface area contributed by atoms with Crippen molar-refractivity contribution in [1.82, 2.24) is 0 Å². The Labute approximate surface area is 111 Å². The zero-order valence-electron chi connectivity index (χ0n) is 12.3. The lowest BCUT2D eigenvalue weighted by Gasteiger charge is -2.18. The minimum atomic E-state index is -0.238. The Bertz CT molecular complexity index is 208. The van der Waals surface area contributed by atoms with Crippen LogP contribution in [0.1, 0.15) is 47.0 Å². The predicted molar refractivity (Wildman–Crippen MR) is 71.9 cm³/mol. The molecule has 0 radical (unpaired) electrons. The fourth-order valence-electron chi connectivity index (χ4n) is 1.26. The van der Waals surface area contributed by atoms with Crippen LogP contribution in [-0.4, -0.2) is 44.4 Å². The van der Waals surface area contributed by atoms with Crippen LogP contribution in [0.5, 0.6) is 0 Å². The standard InChI is InChI=1S/C14H28O4/c1-5-16-10-11-17-9-7-6-8-13(15)12-18-14(2,3)4/h5-12H2,1-4H3. The molecule has 18 heavy (non-hydrogen) atoms.